The third-order valence-corrected chi connectivity index (χ3v) is 4.93. The quantitative estimate of drug-likeness (QED) is 0.873. The van der Waals surface area contributed by atoms with E-state index in [1.807, 2.05) is 26.0 Å². The molecule has 1 aromatic heterocycles. The lowest BCUT2D eigenvalue weighted by molar-refractivity contribution is 0.543. The molecule has 17 heavy (non-hydrogen) atoms. The first-order valence-electron chi connectivity index (χ1n) is 5.96. The van der Waals surface area contributed by atoms with Gasteiger partial charge < -0.3 is 0 Å². The summed E-state index contributed by atoms with van der Waals surface area (Å²) >= 11 is 0. The zero-order valence-electron chi connectivity index (χ0n) is 10.2. The van der Waals surface area contributed by atoms with Crippen molar-refractivity contribution in [2.45, 2.75) is 44.4 Å². The molecule has 1 heterocycles. The Morgan fingerprint density at radius 1 is 1.53 bits per heavy atom. The van der Waals surface area contributed by atoms with E-state index < -0.39 is 10.0 Å². The Kier molecular flexibility index (Phi) is 3.49. The molecule has 0 unspecified atom stereocenters. The molecule has 4 nitrogen and oxygen atoms in total. The number of aryl methyl sites for hydroxylation is 1. The van der Waals surface area contributed by atoms with Crippen LogP contribution in [0.1, 0.15) is 43.5 Å². The minimum absolute atomic E-state index is 0.179. The molecule has 0 aliphatic heterocycles. The largest absolute Gasteiger partial charge is 0.260 e. The third kappa shape index (κ3) is 3.04. The molecule has 0 bridgehead atoms. The van der Waals surface area contributed by atoms with Gasteiger partial charge in [0.15, 0.2) is 0 Å². The van der Waals surface area contributed by atoms with Crippen LogP contribution in [0.5, 0.6) is 0 Å². The van der Waals surface area contributed by atoms with Crippen molar-refractivity contribution in [2.75, 3.05) is 0 Å². The monoisotopic (exact) mass is 254 g/mol. The number of pyridine rings is 1. The van der Waals surface area contributed by atoms with Crippen LogP contribution < -0.4 is 4.72 Å². The smallest absolute Gasteiger partial charge is 0.215 e. The zero-order chi connectivity index (χ0) is 12.5. The van der Waals surface area contributed by atoms with Crippen LogP contribution >= 0.6 is 0 Å². The molecule has 0 amide bonds. The average molecular weight is 254 g/mol. The number of rotatable bonds is 5. The van der Waals surface area contributed by atoms with Crippen LogP contribution in [-0.2, 0) is 10.0 Å². The van der Waals surface area contributed by atoms with Crippen molar-refractivity contribution in [3.05, 3.63) is 29.6 Å². The molecule has 1 aromatic rings. The molecular formula is C12H18N2O2S. The van der Waals surface area contributed by atoms with Crippen molar-refractivity contribution < 1.29 is 8.42 Å². The first-order valence-corrected chi connectivity index (χ1v) is 7.51. The van der Waals surface area contributed by atoms with Gasteiger partial charge >= 0.3 is 0 Å². The highest BCUT2D eigenvalue weighted by atomic mass is 32.2. The minimum atomic E-state index is -3.15. The molecule has 5 heteroatoms. The molecule has 2 rings (SSSR count). The molecule has 0 spiro atoms. The first kappa shape index (κ1) is 12.5. The predicted molar refractivity (Wildman–Crippen MR) is 67.1 cm³/mol. The van der Waals surface area contributed by atoms with E-state index in [1.54, 1.807) is 6.20 Å². The van der Waals surface area contributed by atoms with Gasteiger partial charge in [0.25, 0.3) is 0 Å². The molecule has 1 saturated carbocycles. The lowest BCUT2D eigenvalue weighted by Crippen LogP contribution is -2.31. The van der Waals surface area contributed by atoms with Crippen LogP contribution in [0.4, 0.5) is 0 Å². The Morgan fingerprint density at radius 2 is 2.24 bits per heavy atom. The molecule has 1 fully saturated rings. The van der Waals surface area contributed by atoms with E-state index in [9.17, 15) is 8.42 Å². The summed E-state index contributed by atoms with van der Waals surface area (Å²) in [6, 6.07) is 3.63. The molecule has 1 aliphatic rings. The van der Waals surface area contributed by atoms with Crippen LogP contribution in [0, 0.1) is 6.92 Å². The molecular weight excluding hydrogens is 236 g/mol. The zero-order valence-corrected chi connectivity index (χ0v) is 11.0. The van der Waals surface area contributed by atoms with Crippen LogP contribution in [0.2, 0.25) is 0 Å². The molecule has 1 atom stereocenters. The summed E-state index contributed by atoms with van der Waals surface area (Å²) in [7, 11) is -3.15. The van der Waals surface area contributed by atoms with Crippen LogP contribution in [0.15, 0.2) is 18.3 Å². The Bertz CT molecular complexity index is 495. The highest BCUT2D eigenvalue weighted by Gasteiger charge is 2.37. The average Bonchev–Trinajstić information content (AvgIpc) is 3.10. The van der Waals surface area contributed by atoms with Crippen molar-refractivity contribution in [1.82, 2.24) is 9.71 Å². The van der Waals surface area contributed by atoms with E-state index in [4.69, 9.17) is 0 Å². The maximum absolute atomic E-state index is 11.9. The topological polar surface area (TPSA) is 59.1 Å². The maximum atomic E-state index is 11.9. The normalized spacial score (nSPS) is 18.0. The lowest BCUT2D eigenvalue weighted by Gasteiger charge is -2.16. The van der Waals surface area contributed by atoms with Gasteiger partial charge in [0.05, 0.1) is 17.0 Å². The summed E-state index contributed by atoms with van der Waals surface area (Å²) in [4.78, 5) is 4.25. The van der Waals surface area contributed by atoms with E-state index >= 15 is 0 Å². The Morgan fingerprint density at radius 3 is 2.76 bits per heavy atom. The van der Waals surface area contributed by atoms with Gasteiger partial charge in [-0.15, -0.1) is 0 Å². The van der Waals surface area contributed by atoms with Crippen molar-refractivity contribution >= 4 is 10.0 Å². The second-order valence-electron chi connectivity index (χ2n) is 4.58. The SMILES string of the molecule is CC[C@@H](NS(=O)(=O)C1CC1)c1cc(C)ccn1. The Hall–Kier alpha value is -0.940. The molecule has 94 valence electrons. The van der Waals surface area contributed by atoms with Crippen molar-refractivity contribution in [3.8, 4) is 0 Å². The third-order valence-electron chi connectivity index (χ3n) is 2.97. The first-order chi connectivity index (χ1) is 8.03. The molecule has 1 aliphatic carbocycles. The number of nitrogens with one attached hydrogen (secondary N) is 1. The lowest BCUT2D eigenvalue weighted by atomic mass is 10.1. The van der Waals surface area contributed by atoms with Gasteiger partial charge in [-0.2, -0.15) is 0 Å². The fourth-order valence-corrected chi connectivity index (χ4v) is 3.41. The highest BCUT2D eigenvalue weighted by Crippen LogP contribution is 2.29. The number of aromatic nitrogens is 1. The van der Waals surface area contributed by atoms with E-state index in [1.165, 1.54) is 0 Å². The number of hydrogen-bond acceptors (Lipinski definition) is 3. The molecule has 0 saturated heterocycles. The fourth-order valence-electron chi connectivity index (χ4n) is 1.78. The summed E-state index contributed by atoms with van der Waals surface area (Å²) in [5, 5.41) is -0.179. The van der Waals surface area contributed by atoms with Gasteiger partial charge in [0, 0.05) is 6.20 Å². The number of sulfonamides is 1. The van der Waals surface area contributed by atoms with E-state index in [-0.39, 0.29) is 11.3 Å². The standard InChI is InChI=1S/C12H18N2O2S/c1-3-11(12-8-9(2)6-7-13-12)14-17(15,16)10-4-5-10/h6-8,10-11,14H,3-5H2,1-2H3/t11-/m1/s1. The summed E-state index contributed by atoms with van der Waals surface area (Å²) in [6.45, 7) is 3.94. The predicted octanol–water partition coefficient (Wildman–Crippen LogP) is 1.92. The van der Waals surface area contributed by atoms with E-state index in [0.717, 1.165) is 24.1 Å². The van der Waals surface area contributed by atoms with Crippen LogP contribution in [-0.4, -0.2) is 18.7 Å². The maximum Gasteiger partial charge on any atom is 0.215 e. The van der Waals surface area contributed by atoms with Crippen molar-refractivity contribution in [2.24, 2.45) is 0 Å². The summed E-state index contributed by atoms with van der Waals surface area (Å²) in [5.41, 5.74) is 1.90. The molecule has 0 aromatic carbocycles. The van der Waals surface area contributed by atoms with Crippen molar-refractivity contribution in [3.63, 3.8) is 0 Å². The van der Waals surface area contributed by atoms with Gasteiger partial charge in [0.2, 0.25) is 10.0 Å². The Balaban J connectivity index is 2.16. The second kappa shape index (κ2) is 4.74. The van der Waals surface area contributed by atoms with Crippen LogP contribution in [0.25, 0.3) is 0 Å². The second-order valence-corrected chi connectivity index (χ2v) is 6.57. The minimum Gasteiger partial charge on any atom is -0.260 e. The van der Waals surface area contributed by atoms with Gasteiger partial charge in [-0.05, 0) is 43.9 Å². The van der Waals surface area contributed by atoms with E-state index in [2.05, 4.69) is 9.71 Å². The van der Waals surface area contributed by atoms with Crippen molar-refractivity contribution in [1.29, 1.82) is 0 Å². The molecule has 1 N–H and O–H groups in total. The fraction of sp³-hybridized carbons (Fsp3) is 0.583. The Labute approximate surface area is 103 Å². The summed E-state index contributed by atoms with van der Waals surface area (Å²) in [6.07, 6.45) is 4.00. The summed E-state index contributed by atoms with van der Waals surface area (Å²) in [5.74, 6) is 0. The number of hydrogen-bond donors (Lipinski definition) is 1. The van der Waals surface area contributed by atoms with Gasteiger partial charge in [-0.3, -0.25) is 4.98 Å². The summed E-state index contributed by atoms with van der Waals surface area (Å²) < 4.78 is 26.5. The van der Waals surface area contributed by atoms with Gasteiger partial charge in [0.1, 0.15) is 0 Å². The highest BCUT2D eigenvalue weighted by molar-refractivity contribution is 7.90. The van der Waals surface area contributed by atoms with Crippen LogP contribution in [0.3, 0.4) is 0 Å². The van der Waals surface area contributed by atoms with Gasteiger partial charge in [-0.25, -0.2) is 13.1 Å². The molecule has 0 radical (unpaired) electrons. The number of nitrogens with zero attached hydrogens (tertiary/aromatic N) is 1. The van der Waals surface area contributed by atoms with Gasteiger partial charge in [-0.1, -0.05) is 6.92 Å². The van der Waals surface area contributed by atoms with E-state index in [0.29, 0.717) is 6.42 Å².